The third kappa shape index (κ3) is 3.32. The van der Waals surface area contributed by atoms with Crippen molar-refractivity contribution in [2.45, 2.75) is 25.8 Å². The van der Waals surface area contributed by atoms with Crippen LogP contribution < -0.4 is 11.1 Å². The normalized spacial score (nSPS) is 17.4. The van der Waals surface area contributed by atoms with Crippen molar-refractivity contribution in [2.24, 2.45) is 5.73 Å². The lowest BCUT2D eigenvalue weighted by Gasteiger charge is -2.38. The zero-order chi connectivity index (χ0) is 9.68. The summed E-state index contributed by atoms with van der Waals surface area (Å²) in [6.07, 6.45) is 1.62. The third-order valence-electron chi connectivity index (χ3n) is 2.43. The first-order valence-corrected chi connectivity index (χ1v) is 4.97. The lowest BCUT2D eigenvalue weighted by Crippen LogP contribution is -2.57. The fraction of sp³-hybridized carbons (Fsp3) is 0.889. The molecule has 0 bridgehead atoms. The van der Waals surface area contributed by atoms with E-state index in [1.165, 1.54) is 0 Å². The number of hydrogen-bond donors (Lipinski definition) is 2. The lowest BCUT2D eigenvalue weighted by molar-refractivity contribution is -0.118. The first-order chi connectivity index (χ1) is 6.24. The lowest BCUT2D eigenvalue weighted by atomic mass is 10.1. The monoisotopic (exact) mass is 185 g/mol. The molecule has 0 aliphatic carbocycles. The summed E-state index contributed by atoms with van der Waals surface area (Å²) in [7, 11) is 0. The van der Waals surface area contributed by atoms with E-state index in [1.807, 2.05) is 0 Å². The molecule has 3 N–H and O–H groups in total. The maximum absolute atomic E-state index is 10.6. The predicted octanol–water partition coefficient (Wildman–Crippen LogP) is -0.454. The van der Waals surface area contributed by atoms with Gasteiger partial charge in [-0.1, -0.05) is 6.92 Å². The molecular formula is C9H19N3O. The topological polar surface area (TPSA) is 58.4 Å². The highest BCUT2D eigenvalue weighted by atomic mass is 16.1. The van der Waals surface area contributed by atoms with Crippen LogP contribution in [0, 0.1) is 0 Å². The summed E-state index contributed by atoms with van der Waals surface area (Å²) in [5, 5.41) is 3.23. The SMILES string of the molecule is CCCN(CCC(N)=O)C1CNC1. The maximum atomic E-state index is 10.6. The van der Waals surface area contributed by atoms with E-state index in [1.54, 1.807) is 0 Å². The highest BCUT2D eigenvalue weighted by Gasteiger charge is 2.23. The van der Waals surface area contributed by atoms with Gasteiger partial charge in [-0.15, -0.1) is 0 Å². The van der Waals surface area contributed by atoms with Gasteiger partial charge in [0.25, 0.3) is 0 Å². The molecule has 0 saturated carbocycles. The van der Waals surface area contributed by atoms with Crippen LogP contribution in [0.1, 0.15) is 19.8 Å². The van der Waals surface area contributed by atoms with E-state index in [-0.39, 0.29) is 5.91 Å². The second kappa shape index (κ2) is 5.19. The van der Waals surface area contributed by atoms with E-state index in [0.29, 0.717) is 12.5 Å². The van der Waals surface area contributed by atoms with Gasteiger partial charge in [0, 0.05) is 32.1 Å². The Morgan fingerprint density at radius 1 is 1.54 bits per heavy atom. The zero-order valence-corrected chi connectivity index (χ0v) is 8.25. The molecule has 1 rings (SSSR count). The van der Waals surface area contributed by atoms with Gasteiger partial charge in [-0.05, 0) is 13.0 Å². The Labute approximate surface area is 79.5 Å². The number of primary amides is 1. The molecule has 0 atom stereocenters. The minimum atomic E-state index is -0.201. The predicted molar refractivity (Wildman–Crippen MR) is 52.3 cm³/mol. The van der Waals surface area contributed by atoms with Crippen molar-refractivity contribution in [3.05, 3.63) is 0 Å². The summed E-state index contributed by atoms with van der Waals surface area (Å²) < 4.78 is 0. The van der Waals surface area contributed by atoms with Gasteiger partial charge in [-0.3, -0.25) is 9.69 Å². The maximum Gasteiger partial charge on any atom is 0.218 e. The molecule has 1 aliphatic heterocycles. The molecule has 76 valence electrons. The fourth-order valence-corrected chi connectivity index (χ4v) is 1.55. The molecule has 0 spiro atoms. The van der Waals surface area contributed by atoms with E-state index in [0.717, 1.165) is 32.6 Å². The summed E-state index contributed by atoms with van der Waals surface area (Å²) in [6.45, 7) is 6.15. The van der Waals surface area contributed by atoms with Crippen molar-refractivity contribution in [3.63, 3.8) is 0 Å². The molecule has 1 fully saturated rings. The van der Waals surface area contributed by atoms with Crippen molar-refractivity contribution in [1.29, 1.82) is 0 Å². The summed E-state index contributed by atoms with van der Waals surface area (Å²) in [6, 6.07) is 0.624. The molecule has 0 aromatic carbocycles. The number of amides is 1. The molecule has 0 aromatic rings. The van der Waals surface area contributed by atoms with E-state index in [9.17, 15) is 4.79 Å². The number of hydrogen-bond acceptors (Lipinski definition) is 3. The first kappa shape index (κ1) is 10.5. The molecule has 1 amide bonds. The van der Waals surface area contributed by atoms with Crippen LogP contribution in [0.2, 0.25) is 0 Å². The van der Waals surface area contributed by atoms with Crippen molar-refractivity contribution in [3.8, 4) is 0 Å². The Kier molecular flexibility index (Phi) is 4.18. The number of carbonyl (C=O) groups is 1. The van der Waals surface area contributed by atoms with E-state index in [4.69, 9.17) is 5.73 Å². The van der Waals surface area contributed by atoms with Crippen molar-refractivity contribution >= 4 is 5.91 Å². The first-order valence-electron chi connectivity index (χ1n) is 4.97. The van der Waals surface area contributed by atoms with Crippen molar-refractivity contribution in [2.75, 3.05) is 26.2 Å². The van der Waals surface area contributed by atoms with Gasteiger partial charge in [0.05, 0.1) is 0 Å². The largest absolute Gasteiger partial charge is 0.370 e. The summed E-state index contributed by atoms with van der Waals surface area (Å²) in [5.41, 5.74) is 5.12. The number of carbonyl (C=O) groups excluding carboxylic acids is 1. The van der Waals surface area contributed by atoms with Crippen molar-refractivity contribution in [1.82, 2.24) is 10.2 Å². The van der Waals surface area contributed by atoms with Crippen molar-refractivity contribution < 1.29 is 4.79 Å². The Balaban J connectivity index is 2.24. The van der Waals surface area contributed by atoms with E-state index < -0.39 is 0 Å². The van der Waals surface area contributed by atoms with Gasteiger partial charge in [0.15, 0.2) is 0 Å². The van der Waals surface area contributed by atoms with Crippen LogP contribution in [-0.2, 0) is 4.79 Å². The summed E-state index contributed by atoms with van der Waals surface area (Å²) >= 11 is 0. The number of rotatable bonds is 6. The molecule has 1 saturated heterocycles. The van der Waals surface area contributed by atoms with Gasteiger partial charge < -0.3 is 11.1 Å². The number of nitrogens with one attached hydrogen (secondary N) is 1. The number of nitrogens with zero attached hydrogens (tertiary/aromatic N) is 1. The second-order valence-corrected chi connectivity index (χ2v) is 3.56. The molecule has 1 heterocycles. The smallest absolute Gasteiger partial charge is 0.218 e. The standard InChI is InChI=1S/C9H19N3O/c1-2-4-12(5-3-9(10)13)8-6-11-7-8/h8,11H,2-7H2,1H3,(H2,10,13). The van der Waals surface area contributed by atoms with E-state index >= 15 is 0 Å². The van der Waals surface area contributed by atoms with Crippen LogP contribution >= 0.6 is 0 Å². The fourth-order valence-electron chi connectivity index (χ4n) is 1.55. The molecule has 4 nitrogen and oxygen atoms in total. The Morgan fingerprint density at radius 2 is 2.23 bits per heavy atom. The molecular weight excluding hydrogens is 166 g/mol. The van der Waals surface area contributed by atoms with Gasteiger partial charge in [0.2, 0.25) is 5.91 Å². The van der Waals surface area contributed by atoms with Crippen LogP contribution in [0.4, 0.5) is 0 Å². The van der Waals surface area contributed by atoms with Crippen LogP contribution in [0.5, 0.6) is 0 Å². The average molecular weight is 185 g/mol. The quantitative estimate of drug-likeness (QED) is 0.589. The Morgan fingerprint density at radius 3 is 2.62 bits per heavy atom. The highest BCUT2D eigenvalue weighted by molar-refractivity contribution is 5.73. The molecule has 0 unspecified atom stereocenters. The minimum Gasteiger partial charge on any atom is -0.370 e. The second-order valence-electron chi connectivity index (χ2n) is 3.56. The Bertz CT molecular complexity index is 168. The van der Waals surface area contributed by atoms with Gasteiger partial charge in [0.1, 0.15) is 0 Å². The van der Waals surface area contributed by atoms with Gasteiger partial charge in [-0.25, -0.2) is 0 Å². The summed E-state index contributed by atoms with van der Waals surface area (Å²) in [5.74, 6) is -0.201. The van der Waals surface area contributed by atoms with Crippen LogP contribution in [0.3, 0.4) is 0 Å². The molecule has 0 radical (unpaired) electrons. The Hall–Kier alpha value is -0.610. The highest BCUT2D eigenvalue weighted by Crippen LogP contribution is 2.06. The van der Waals surface area contributed by atoms with E-state index in [2.05, 4.69) is 17.1 Å². The molecule has 13 heavy (non-hydrogen) atoms. The average Bonchev–Trinajstić information content (AvgIpc) is 1.97. The third-order valence-corrected chi connectivity index (χ3v) is 2.43. The van der Waals surface area contributed by atoms with Gasteiger partial charge >= 0.3 is 0 Å². The van der Waals surface area contributed by atoms with Crippen LogP contribution in [0.25, 0.3) is 0 Å². The number of nitrogens with two attached hydrogens (primary N) is 1. The molecule has 4 heteroatoms. The summed E-state index contributed by atoms with van der Waals surface area (Å²) in [4.78, 5) is 13.0. The minimum absolute atomic E-state index is 0.201. The van der Waals surface area contributed by atoms with Gasteiger partial charge in [-0.2, -0.15) is 0 Å². The zero-order valence-electron chi connectivity index (χ0n) is 8.25. The van der Waals surface area contributed by atoms with Crippen LogP contribution in [0.15, 0.2) is 0 Å². The molecule has 0 aromatic heterocycles. The molecule has 1 aliphatic rings. The van der Waals surface area contributed by atoms with Crippen LogP contribution in [-0.4, -0.2) is 43.0 Å².